The summed E-state index contributed by atoms with van der Waals surface area (Å²) in [7, 11) is 0. The standard InChI is InChI=1S/C16H9Cl2NO3/c17-10-5-7-16(14(9-10)19(20)21)22-15-8-6-13(18)11-3-1-2-4-12(11)15/h1-9H. The fourth-order valence-electron chi connectivity index (χ4n) is 2.16. The molecule has 0 aliphatic rings. The molecule has 0 heterocycles. The van der Waals surface area contributed by atoms with Crippen molar-refractivity contribution in [3.05, 3.63) is 74.8 Å². The lowest BCUT2D eigenvalue weighted by Crippen LogP contribution is -1.94. The molecule has 3 rings (SSSR count). The highest BCUT2D eigenvalue weighted by atomic mass is 35.5. The first kappa shape index (κ1) is 14.6. The van der Waals surface area contributed by atoms with Crippen molar-refractivity contribution in [2.75, 3.05) is 0 Å². The van der Waals surface area contributed by atoms with Gasteiger partial charge in [0, 0.05) is 26.9 Å². The van der Waals surface area contributed by atoms with Crippen LogP contribution in [0.25, 0.3) is 10.8 Å². The summed E-state index contributed by atoms with van der Waals surface area (Å²) in [5, 5.41) is 13.6. The quantitative estimate of drug-likeness (QED) is 0.446. The molecule has 0 atom stereocenters. The number of hydrogen-bond acceptors (Lipinski definition) is 3. The lowest BCUT2D eigenvalue weighted by atomic mass is 10.1. The Labute approximate surface area is 136 Å². The number of benzene rings is 3. The van der Waals surface area contributed by atoms with Crippen LogP contribution in [0.1, 0.15) is 0 Å². The number of rotatable bonds is 3. The zero-order valence-corrected chi connectivity index (χ0v) is 12.6. The number of nitrogens with zero attached hydrogens (tertiary/aromatic N) is 1. The molecule has 4 nitrogen and oxygen atoms in total. The van der Waals surface area contributed by atoms with Gasteiger partial charge in [-0.05, 0) is 24.3 Å². The van der Waals surface area contributed by atoms with Gasteiger partial charge in [-0.3, -0.25) is 10.1 Å². The molecule has 0 radical (unpaired) electrons. The molecular weight excluding hydrogens is 325 g/mol. The van der Waals surface area contributed by atoms with Gasteiger partial charge in [0.1, 0.15) is 5.75 Å². The third-order valence-electron chi connectivity index (χ3n) is 3.17. The van der Waals surface area contributed by atoms with Gasteiger partial charge in [-0.2, -0.15) is 0 Å². The maximum Gasteiger partial charge on any atom is 0.313 e. The predicted molar refractivity (Wildman–Crippen MR) is 87.1 cm³/mol. The lowest BCUT2D eigenvalue weighted by molar-refractivity contribution is -0.385. The van der Waals surface area contributed by atoms with Crippen molar-refractivity contribution in [3.63, 3.8) is 0 Å². The third kappa shape index (κ3) is 2.71. The maximum atomic E-state index is 11.1. The molecule has 0 aliphatic carbocycles. The van der Waals surface area contributed by atoms with Crippen LogP contribution in [-0.2, 0) is 0 Å². The molecule has 3 aromatic rings. The minimum atomic E-state index is -0.528. The Morgan fingerprint density at radius 3 is 2.32 bits per heavy atom. The van der Waals surface area contributed by atoms with E-state index in [1.54, 1.807) is 18.2 Å². The van der Waals surface area contributed by atoms with Crippen LogP contribution >= 0.6 is 23.2 Å². The van der Waals surface area contributed by atoms with Crippen LogP contribution < -0.4 is 4.74 Å². The second kappa shape index (κ2) is 5.83. The molecule has 0 aromatic heterocycles. The zero-order chi connectivity index (χ0) is 15.7. The monoisotopic (exact) mass is 333 g/mol. The highest BCUT2D eigenvalue weighted by Crippen LogP contribution is 2.38. The first-order valence-corrected chi connectivity index (χ1v) is 7.11. The van der Waals surface area contributed by atoms with Gasteiger partial charge in [0.15, 0.2) is 0 Å². The van der Waals surface area contributed by atoms with Crippen molar-refractivity contribution in [1.29, 1.82) is 0 Å². The third-order valence-corrected chi connectivity index (χ3v) is 3.73. The summed E-state index contributed by atoms with van der Waals surface area (Å²) in [4.78, 5) is 10.6. The van der Waals surface area contributed by atoms with Crippen LogP contribution in [0.3, 0.4) is 0 Å². The van der Waals surface area contributed by atoms with E-state index in [9.17, 15) is 10.1 Å². The highest BCUT2D eigenvalue weighted by molar-refractivity contribution is 6.35. The van der Waals surface area contributed by atoms with Crippen LogP contribution in [0.15, 0.2) is 54.6 Å². The van der Waals surface area contributed by atoms with Gasteiger partial charge in [-0.1, -0.05) is 47.5 Å². The summed E-state index contributed by atoms with van der Waals surface area (Å²) < 4.78 is 5.74. The Morgan fingerprint density at radius 2 is 1.59 bits per heavy atom. The smallest absolute Gasteiger partial charge is 0.313 e. The van der Waals surface area contributed by atoms with Crippen molar-refractivity contribution >= 4 is 39.7 Å². The second-order valence-electron chi connectivity index (χ2n) is 4.56. The summed E-state index contributed by atoms with van der Waals surface area (Å²) in [6.45, 7) is 0. The van der Waals surface area contributed by atoms with Crippen LogP contribution in [-0.4, -0.2) is 4.92 Å². The molecule has 22 heavy (non-hydrogen) atoms. The van der Waals surface area contributed by atoms with Crippen molar-refractivity contribution in [2.24, 2.45) is 0 Å². The number of fused-ring (bicyclic) bond motifs is 1. The average molecular weight is 334 g/mol. The molecule has 0 saturated carbocycles. The van der Waals surface area contributed by atoms with E-state index in [-0.39, 0.29) is 16.5 Å². The molecule has 0 aliphatic heterocycles. The fourth-order valence-corrected chi connectivity index (χ4v) is 2.56. The average Bonchev–Trinajstić information content (AvgIpc) is 2.51. The van der Waals surface area contributed by atoms with E-state index in [1.807, 2.05) is 24.3 Å². The van der Waals surface area contributed by atoms with E-state index in [2.05, 4.69) is 0 Å². The van der Waals surface area contributed by atoms with Gasteiger partial charge < -0.3 is 4.74 Å². The summed E-state index contributed by atoms with van der Waals surface area (Å²) in [6, 6.07) is 15.1. The summed E-state index contributed by atoms with van der Waals surface area (Å²) in [5.74, 6) is 0.618. The normalized spacial score (nSPS) is 10.6. The van der Waals surface area contributed by atoms with Crippen molar-refractivity contribution in [2.45, 2.75) is 0 Å². The van der Waals surface area contributed by atoms with E-state index < -0.39 is 4.92 Å². The number of halogens is 2. The first-order chi connectivity index (χ1) is 10.6. The molecule has 0 bridgehead atoms. The van der Waals surface area contributed by atoms with Gasteiger partial charge in [0.25, 0.3) is 0 Å². The van der Waals surface area contributed by atoms with Crippen LogP contribution in [0.4, 0.5) is 5.69 Å². The van der Waals surface area contributed by atoms with Gasteiger partial charge >= 0.3 is 5.69 Å². The highest BCUT2D eigenvalue weighted by Gasteiger charge is 2.17. The summed E-state index contributed by atoms with van der Waals surface area (Å²) in [5.41, 5.74) is -0.188. The second-order valence-corrected chi connectivity index (χ2v) is 5.41. The molecule has 0 amide bonds. The van der Waals surface area contributed by atoms with Gasteiger partial charge in [-0.25, -0.2) is 0 Å². The van der Waals surface area contributed by atoms with Gasteiger partial charge in [0.2, 0.25) is 5.75 Å². The van der Waals surface area contributed by atoms with Crippen molar-refractivity contribution < 1.29 is 9.66 Å². The van der Waals surface area contributed by atoms with Gasteiger partial charge in [0.05, 0.1) is 4.92 Å². The molecule has 0 fully saturated rings. The van der Waals surface area contributed by atoms with E-state index in [1.165, 1.54) is 12.1 Å². The largest absolute Gasteiger partial charge is 0.449 e. The van der Waals surface area contributed by atoms with Gasteiger partial charge in [-0.15, -0.1) is 0 Å². The Kier molecular flexibility index (Phi) is 3.88. The minimum Gasteiger partial charge on any atom is -0.449 e. The van der Waals surface area contributed by atoms with Crippen molar-refractivity contribution in [3.8, 4) is 11.5 Å². The number of hydrogen-bond donors (Lipinski definition) is 0. The van der Waals surface area contributed by atoms with Crippen LogP contribution in [0.5, 0.6) is 11.5 Å². The maximum absolute atomic E-state index is 11.1. The molecule has 110 valence electrons. The molecule has 6 heteroatoms. The topological polar surface area (TPSA) is 52.4 Å². The van der Waals surface area contributed by atoms with E-state index in [4.69, 9.17) is 27.9 Å². The first-order valence-electron chi connectivity index (χ1n) is 6.35. The molecule has 0 N–H and O–H groups in total. The van der Waals surface area contributed by atoms with E-state index >= 15 is 0 Å². The molecule has 3 aromatic carbocycles. The lowest BCUT2D eigenvalue weighted by Gasteiger charge is -2.10. The SMILES string of the molecule is O=[N+]([O-])c1cc(Cl)ccc1Oc1ccc(Cl)c2ccccc12. The van der Waals surface area contributed by atoms with Crippen LogP contribution in [0, 0.1) is 10.1 Å². The summed E-state index contributed by atoms with van der Waals surface area (Å²) in [6.07, 6.45) is 0. The Bertz CT molecular complexity index is 880. The van der Waals surface area contributed by atoms with Crippen molar-refractivity contribution in [1.82, 2.24) is 0 Å². The molecule has 0 saturated heterocycles. The van der Waals surface area contributed by atoms with Crippen LogP contribution in [0.2, 0.25) is 10.0 Å². The Morgan fingerprint density at radius 1 is 0.909 bits per heavy atom. The Hall–Kier alpha value is -2.30. The predicted octanol–water partition coefficient (Wildman–Crippen LogP) is 5.85. The van der Waals surface area contributed by atoms with E-state index in [0.717, 1.165) is 10.8 Å². The number of nitro benzene ring substituents is 1. The zero-order valence-electron chi connectivity index (χ0n) is 11.1. The molecular formula is C16H9Cl2NO3. The van der Waals surface area contributed by atoms with E-state index in [0.29, 0.717) is 10.8 Å². The number of nitro groups is 1. The fraction of sp³-hybridized carbons (Fsp3) is 0. The Balaban J connectivity index is 2.12. The molecule has 0 unspecified atom stereocenters. The molecule has 0 spiro atoms. The summed E-state index contributed by atoms with van der Waals surface area (Å²) >= 11 is 12.0. The minimum absolute atomic E-state index is 0.127. The number of ether oxygens (including phenoxy) is 1.